The van der Waals surface area contributed by atoms with E-state index >= 15 is 0 Å². The Labute approximate surface area is 196 Å². The number of carbonyl (C=O) groups excluding carboxylic acids is 2. The molecule has 35 heavy (non-hydrogen) atoms. The van der Waals surface area contributed by atoms with Gasteiger partial charge in [0.15, 0.2) is 5.69 Å². The number of primary amides is 1. The molecule has 4 rings (SSSR count). The third kappa shape index (κ3) is 4.65. The molecule has 0 saturated carbocycles. The molecule has 0 atom stereocenters. The van der Waals surface area contributed by atoms with Gasteiger partial charge in [-0.1, -0.05) is 6.07 Å². The lowest BCUT2D eigenvalue weighted by Crippen LogP contribution is -2.17. The second-order valence-corrected chi connectivity index (χ2v) is 7.50. The fourth-order valence-electron chi connectivity index (χ4n) is 3.46. The Morgan fingerprint density at radius 2 is 1.94 bits per heavy atom. The van der Waals surface area contributed by atoms with E-state index in [0.717, 1.165) is 4.68 Å². The first-order valence-electron chi connectivity index (χ1n) is 10.1. The summed E-state index contributed by atoms with van der Waals surface area (Å²) in [5.41, 5.74) is 4.56. The van der Waals surface area contributed by atoms with Crippen molar-refractivity contribution in [1.82, 2.24) is 19.7 Å². The van der Waals surface area contributed by atoms with E-state index in [1.807, 2.05) is 6.07 Å². The van der Waals surface area contributed by atoms with Crippen LogP contribution in [0.3, 0.4) is 0 Å². The molecule has 2 amide bonds. The molecule has 4 aromatic rings. The number of pyridine rings is 2. The maximum absolute atomic E-state index is 13.8. The van der Waals surface area contributed by atoms with Crippen molar-refractivity contribution in [3.8, 4) is 6.07 Å². The molecule has 12 heteroatoms. The quantitative estimate of drug-likeness (QED) is 0.450. The van der Waals surface area contributed by atoms with Crippen molar-refractivity contribution in [2.75, 3.05) is 5.32 Å². The topological polar surface area (TPSA) is 140 Å². The Hall–Kier alpha value is -4.79. The number of hydrogen-bond donors (Lipinski definition) is 2. The Morgan fingerprint density at radius 3 is 2.57 bits per heavy atom. The number of fused-ring (bicyclic) bond motifs is 1. The first-order valence-corrected chi connectivity index (χ1v) is 10.1. The number of amides is 2. The van der Waals surface area contributed by atoms with Gasteiger partial charge in [0.25, 0.3) is 11.8 Å². The molecule has 0 fully saturated rings. The van der Waals surface area contributed by atoms with Gasteiger partial charge in [-0.15, -0.1) is 0 Å². The van der Waals surface area contributed by atoms with E-state index in [1.54, 1.807) is 6.07 Å². The summed E-state index contributed by atoms with van der Waals surface area (Å²) in [7, 11) is 0. The first kappa shape index (κ1) is 23.4. The van der Waals surface area contributed by atoms with Crippen molar-refractivity contribution in [3.05, 3.63) is 82.6 Å². The van der Waals surface area contributed by atoms with Crippen LogP contribution in [0.5, 0.6) is 0 Å². The van der Waals surface area contributed by atoms with Gasteiger partial charge in [-0.3, -0.25) is 19.3 Å². The lowest BCUT2D eigenvalue weighted by atomic mass is 10.1. The molecule has 0 aliphatic heterocycles. The molecule has 3 N–H and O–H groups in total. The largest absolute Gasteiger partial charge is 0.437 e. The lowest BCUT2D eigenvalue weighted by molar-refractivity contribution is -0.140. The molecule has 0 saturated heterocycles. The van der Waals surface area contributed by atoms with Gasteiger partial charge < -0.3 is 11.1 Å². The van der Waals surface area contributed by atoms with Gasteiger partial charge in [-0.25, -0.2) is 4.98 Å². The maximum Gasteiger partial charge on any atom is 0.437 e. The number of nitrogens with two attached hydrogens (primary N) is 1. The summed E-state index contributed by atoms with van der Waals surface area (Å²) in [6.45, 7) is 1.29. The molecule has 0 radical (unpaired) electrons. The van der Waals surface area contributed by atoms with Crippen LogP contribution in [0.25, 0.3) is 10.9 Å². The van der Waals surface area contributed by atoms with E-state index in [2.05, 4.69) is 20.4 Å². The number of anilines is 1. The number of hydrogen-bond acceptors (Lipinski definition) is 6. The average Bonchev–Trinajstić information content (AvgIpc) is 3.14. The van der Waals surface area contributed by atoms with Crippen LogP contribution < -0.4 is 11.1 Å². The second kappa shape index (κ2) is 8.86. The van der Waals surface area contributed by atoms with Crippen LogP contribution in [0.4, 0.5) is 18.9 Å². The van der Waals surface area contributed by atoms with Crippen molar-refractivity contribution in [3.63, 3.8) is 0 Å². The molecule has 176 valence electrons. The van der Waals surface area contributed by atoms with Gasteiger partial charge >= 0.3 is 6.18 Å². The lowest BCUT2D eigenvalue weighted by Gasteiger charge is -2.11. The number of nitrogens with zero attached hydrogens (tertiary/aromatic N) is 5. The van der Waals surface area contributed by atoms with E-state index in [4.69, 9.17) is 11.0 Å². The number of carbonyl (C=O) groups is 2. The molecular weight excluding hydrogens is 463 g/mol. The molecule has 0 aliphatic rings. The summed E-state index contributed by atoms with van der Waals surface area (Å²) in [6, 6.07) is 12.2. The van der Waals surface area contributed by atoms with Gasteiger partial charge in [0.1, 0.15) is 11.8 Å². The van der Waals surface area contributed by atoms with E-state index in [0.29, 0.717) is 16.6 Å². The highest BCUT2D eigenvalue weighted by atomic mass is 19.4. The summed E-state index contributed by atoms with van der Waals surface area (Å²) in [6.07, 6.45) is -3.53. The summed E-state index contributed by atoms with van der Waals surface area (Å²) in [5, 5.41) is 15.2. The number of alkyl halides is 3. The SMILES string of the molecule is Cc1c(NC(=O)c2cccc3nc(C(N)=O)ccc23)c(C(F)(F)F)nn1Cc1ccc(C#N)cn1. The third-order valence-corrected chi connectivity index (χ3v) is 5.21. The van der Waals surface area contributed by atoms with E-state index < -0.39 is 29.4 Å². The van der Waals surface area contributed by atoms with Gasteiger partial charge in [0, 0.05) is 17.1 Å². The molecule has 1 aromatic carbocycles. The smallest absolute Gasteiger partial charge is 0.364 e. The van der Waals surface area contributed by atoms with Crippen molar-refractivity contribution in [2.45, 2.75) is 19.6 Å². The Morgan fingerprint density at radius 1 is 1.17 bits per heavy atom. The Kier molecular flexibility index (Phi) is 5.92. The van der Waals surface area contributed by atoms with Crippen LogP contribution in [0.15, 0.2) is 48.7 Å². The Balaban J connectivity index is 1.71. The minimum absolute atomic E-state index is 0.0112. The standard InChI is InChI=1S/C23H16F3N7O2/c1-12-19(20(23(24,25)26)32-33(12)11-14-6-5-13(9-27)10-29-14)31-22(35)16-3-2-4-17-15(16)7-8-18(30-17)21(28)34/h2-8,10H,11H2,1H3,(H2,28,34)(H,31,35). The molecular formula is C23H16F3N7O2. The zero-order chi connectivity index (χ0) is 25.3. The second-order valence-electron chi connectivity index (χ2n) is 7.50. The predicted molar refractivity (Wildman–Crippen MR) is 118 cm³/mol. The molecule has 3 heterocycles. The summed E-state index contributed by atoms with van der Waals surface area (Å²) in [5.74, 6) is -1.56. The van der Waals surface area contributed by atoms with Crippen LogP contribution in [-0.4, -0.2) is 31.6 Å². The van der Waals surface area contributed by atoms with Crippen LogP contribution in [-0.2, 0) is 12.7 Å². The molecule has 0 bridgehead atoms. The summed E-state index contributed by atoms with van der Waals surface area (Å²) < 4.78 is 42.4. The molecule has 9 nitrogen and oxygen atoms in total. The minimum atomic E-state index is -4.84. The number of nitrogens with one attached hydrogen (secondary N) is 1. The zero-order valence-corrected chi connectivity index (χ0v) is 18.1. The van der Waals surface area contributed by atoms with Gasteiger partial charge in [-0.2, -0.15) is 23.5 Å². The van der Waals surface area contributed by atoms with Crippen LogP contribution in [0.2, 0.25) is 0 Å². The van der Waals surface area contributed by atoms with Crippen molar-refractivity contribution in [1.29, 1.82) is 5.26 Å². The van der Waals surface area contributed by atoms with Crippen LogP contribution in [0, 0.1) is 18.3 Å². The minimum Gasteiger partial charge on any atom is -0.364 e. The first-order chi connectivity index (χ1) is 16.6. The van der Waals surface area contributed by atoms with Crippen LogP contribution in [0.1, 0.15) is 43.5 Å². The number of aromatic nitrogens is 4. The predicted octanol–water partition coefficient (Wildman–Crippen LogP) is 3.42. The summed E-state index contributed by atoms with van der Waals surface area (Å²) in [4.78, 5) is 32.6. The molecule has 0 aliphatic carbocycles. The van der Waals surface area contributed by atoms with E-state index in [-0.39, 0.29) is 29.0 Å². The average molecular weight is 479 g/mol. The highest BCUT2D eigenvalue weighted by Gasteiger charge is 2.39. The fourth-order valence-corrected chi connectivity index (χ4v) is 3.46. The molecule has 0 spiro atoms. The number of benzene rings is 1. The van der Waals surface area contributed by atoms with Crippen molar-refractivity contribution < 1.29 is 22.8 Å². The van der Waals surface area contributed by atoms with Gasteiger partial charge in [0.2, 0.25) is 0 Å². The molecule has 0 unspecified atom stereocenters. The highest BCUT2D eigenvalue weighted by molar-refractivity contribution is 6.13. The Bertz CT molecular complexity index is 1500. The fraction of sp³-hybridized carbons (Fsp3) is 0.130. The number of rotatable bonds is 5. The maximum atomic E-state index is 13.8. The van der Waals surface area contributed by atoms with Crippen molar-refractivity contribution in [2.24, 2.45) is 5.73 Å². The van der Waals surface area contributed by atoms with Gasteiger partial charge in [-0.05, 0) is 43.3 Å². The van der Waals surface area contributed by atoms with E-state index in [1.165, 1.54) is 49.5 Å². The number of halogens is 3. The van der Waals surface area contributed by atoms with E-state index in [9.17, 15) is 22.8 Å². The van der Waals surface area contributed by atoms with Gasteiger partial charge in [0.05, 0.1) is 34.7 Å². The monoisotopic (exact) mass is 479 g/mol. The number of nitriles is 1. The molecule has 3 aromatic heterocycles. The van der Waals surface area contributed by atoms with Crippen LogP contribution >= 0.6 is 0 Å². The van der Waals surface area contributed by atoms with Crippen molar-refractivity contribution >= 4 is 28.4 Å². The zero-order valence-electron chi connectivity index (χ0n) is 18.1. The third-order valence-electron chi connectivity index (χ3n) is 5.21. The highest BCUT2D eigenvalue weighted by Crippen LogP contribution is 2.36. The summed E-state index contributed by atoms with van der Waals surface area (Å²) >= 11 is 0. The normalized spacial score (nSPS) is 11.3.